The molecule has 0 saturated carbocycles. The Bertz CT molecular complexity index is 683. The van der Waals surface area contributed by atoms with Crippen molar-refractivity contribution < 1.29 is 9.18 Å². The van der Waals surface area contributed by atoms with Gasteiger partial charge in [0.05, 0.1) is 6.04 Å². The molecule has 4 heteroatoms. The Morgan fingerprint density at radius 3 is 2.40 bits per heavy atom. The number of aryl methyl sites for hydroxylation is 2. The zero-order valence-corrected chi connectivity index (χ0v) is 15.3. The summed E-state index contributed by atoms with van der Waals surface area (Å²) in [5.41, 5.74) is 3.06. The lowest BCUT2D eigenvalue weighted by atomic mass is 10.0. The first kappa shape index (κ1) is 19.1. The van der Waals surface area contributed by atoms with Gasteiger partial charge in [-0.15, -0.1) is 0 Å². The molecule has 0 saturated heterocycles. The Morgan fingerprint density at radius 1 is 1.12 bits per heavy atom. The van der Waals surface area contributed by atoms with Crippen molar-refractivity contribution >= 4 is 5.91 Å². The summed E-state index contributed by atoms with van der Waals surface area (Å²) >= 11 is 0. The zero-order chi connectivity index (χ0) is 18.2. The molecule has 0 spiro atoms. The van der Waals surface area contributed by atoms with Gasteiger partial charge in [0, 0.05) is 13.0 Å². The van der Waals surface area contributed by atoms with Crippen molar-refractivity contribution in [3.8, 4) is 0 Å². The molecule has 0 radical (unpaired) electrons. The standard InChI is InChI=1S/C21H27FN2O/c1-4-16-9-11-18(12-10-16)20(24(2)3)15-23-21(25)14-13-17-7-5-6-8-19(17)22/h5-12,20H,4,13-15H2,1-3H3,(H,23,25). The van der Waals surface area contributed by atoms with Crippen LogP contribution in [0, 0.1) is 5.82 Å². The first-order valence-corrected chi connectivity index (χ1v) is 8.76. The van der Waals surface area contributed by atoms with Gasteiger partial charge < -0.3 is 10.2 Å². The van der Waals surface area contributed by atoms with Gasteiger partial charge in [0.25, 0.3) is 0 Å². The van der Waals surface area contributed by atoms with Crippen LogP contribution in [-0.4, -0.2) is 31.4 Å². The van der Waals surface area contributed by atoms with Crippen molar-refractivity contribution in [2.75, 3.05) is 20.6 Å². The summed E-state index contributed by atoms with van der Waals surface area (Å²) in [7, 11) is 4.01. The highest BCUT2D eigenvalue weighted by molar-refractivity contribution is 5.76. The predicted octanol–water partition coefficient (Wildman–Crippen LogP) is 3.74. The Hall–Kier alpha value is -2.20. The van der Waals surface area contributed by atoms with Gasteiger partial charge in [0.2, 0.25) is 5.91 Å². The van der Waals surface area contributed by atoms with E-state index in [1.807, 2.05) is 14.1 Å². The lowest BCUT2D eigenvalue weighted by Crippen LogP contribution is -2.34. The fourth-order valence-corrected chi connectivity index (χ4v) is 2.82. The molecule has 0 aliphatic heterocycles. The minimum Gasteiger partial charge on any atom is -0.354 e. The lowest BCUT2D eigenvalue weighted by Gasteiger charge is -2.25. The number of likely N-dealkylation sites (N-methyl/N-ethyl adjacent to an activating group) is 1. The summed E-state index contributed by atoms with van der Waals surface area (Å²) in [6.45, 7) is 2.67. The van der Waals surface area contributed by atoms with E-state index in [1.54, 1.807) is 18.2 Å². The fraction of sp³-hybridized carbons (Fsp3) is 0.381. The smallest absolute Gasteiger partial charge is 0.220 e. The maximum atomic E-state index is 13.6. The van der Waals surface area contributed by atoms with Crippen LogP contribution >= 0.6 is 0 Å². The monoisotopic (exact) mass is 342 g/mol. The third-order valence-electron chi connectivity index (χ3n) is 4.47. The summed E-state index contributed by atoms with van der Waals surface area (Å²) in [6, 6.07) is 15.2. The molecule has 0 fully saturated rings. The van der Waals surface area contributed by atoms with Gasteiger partial charge in [-0.2, -0.15) is 0 Å². The Kier molecular flexibility index (Phi) is 7.14. The summed E-state index contributed by atoms with van der Waals surface area (Å²) < 4.78 is 13.6. The van der Waals surface area contributed by atoms with E-state index in [9.17, 15) is 9.18 Å². The summed E-state index contributed by atoms with van der Waals surface area (Å²) in [6.07, 6.45) is 1.71. The quantitative estimate of drug-likeness (QED) is 0.793. The van der Waals surface area contributed by atoms with Crippen molar-refractivity contribution in [3.05, 3.63) is 71.0 Å². The molecular weight excluding hydrogens is 315 g/mol. The number of nitrogens with one attached hydrogen (secondary N) is 1. The van der Waals surface area contributed by atoms with Crippen molar-refractivity contribution in [3.63, 3.8) is 0 Å². The van der Waals surface area contributed by atoms with E-state index >= 15 is 0 Å². The highest BCUT2D eigenvalue weighted by Gasteiger charge is 2.15. The summed E-state index contributed by atoms with van der Waals surface area (Å²) in [4.78, 5) is 14.2. The van der Waals surface area contributed by atoms with Crippen LogP contribution in [0.15, 0.2) is 48.5 Å². The first-order chi connectivity index (χ1) is 12.0. The Balaban J connectivity index is 1.89. The van der Waals surface area contributed by atoms with Gasteiger partial charge in [-0.1, -0.05) is 49.4 Å². The molecule has 0 aliphatic rings. The average Bonchev–Trinajstić information content (AvgIpc) is 2.61. The molecule has 2 rings (SSSR count). The molecule has 1 atom stereocenters. The molecule has 2 aromatic carbocycles. The van der Waals surface area contributed by atoms with E-state index < -0.39 is 0 Å². The molecule has 1 N–H and O–H groups in total. The maximum absolute atomic E-state index is 13.6. The molecule has 1 amide bonds. The van der Waals surface area contributed by atoms with Crippen LogP contribution in [0.2, 0.25) is 0 Å². The van der Waals surface area contributed by atoms with Crippen molar-refractivity contribution in [2.24, 2.45) is 0 Å². The predicted molar refractivity (Wildman–Crippen MR) is 100.0 cm³/mol. The minimum atomic E-state index is -0.252. The van der Waals surface area contributed by atoms with Crippen molar-refractivity contribution in [1.29, 1.82) is 0 Å². The van der Waals surface area contributed by atoms with Gasteiger partial charge in [-0.25, -0.2) is 4.39 Å². The number of rotatable bonds is 8. The fourth-order valence-electron chi connectivity index (χ4n) is 2.82. The van der Waals surface area contributed by atoms with Crippen molar-refractivity contribution in [1.82, 2.24) is 10.2 Å². The third kappa shape index (κ3) is 5.68. The molecule has 0 bridgehead atoms. The highest BCUT2D eigenvalue weighted by Crippen LogP contribution is 2.18. The number of hydrogen-bond acceptors (Lipinski definition) is 2. The minimum absolute atomic E-state index is 0.0553. The first-order valence-electron chi connectivity index (χ1n) is 8.76. The van der Waals surface area contributed by atoms with Crippen LogP contribution in [0.1, 0.15) is 36.1 Å². The summed E-state index contributed by atoms with van der Waals surface area (Å²) in [5.74, 6) is -0.308. The second-order valence-corrected chi connectivity index (χ2v) is 6.47. The lowest BCUT2D eigenvalue weighted by molar-refractivity contribution is -0.121. The number of benzene rings is 2. The Morgan fingerprint density at radius 2 is 1.80 bits per heavy atom. The summed E-state index contributed by atoms with van der Waals surface area (Å²) in [5, 5.41) is 2.98. The second-order valence-electron chi connectivity index (χ2n) is 6.47. The zero-order valence-electron chi connectivity index (χ0n) is 15.3. The number of carbonyl (C=O) groups excluding carboxylic acids is 1. The highest BCUT2D eigenvalue weighted by atomic mass is 19.1. The number of carbonyl (C=O) groups is 1. The van der Waals surface area contributed by atoms with Crippen LogP contribution in [0.4, 0.5) is 4.39 Å². The van der Waals surface area contributed by atoms with Gasteiger partial charge in [0.1, 0.15) is 5.82 Å². The molecule has 3 nitrogen and oxygen atoms in total. The van der Waals surface area contributed by atoms with E-state index in [0.29, 0.717) is 18.5 Å². The number of amides is 1. The number of hydrogen-bond donors (Lipinski definition) is 1. The van der Waals surface area contributed by atoms with Crippen molar-refractivity contribution in [2.45, 2.75) is 32.2 Å². The molecule has 0 aliphatic carbocycles. The van der Waals surface area contributed by atoms with Crippen LogP contribution < -0.4 is 5.32 Å². The topological polar surface area (TPSA) is 32.3 Å². The molecule has 0 heterocycles. The number of halogens is 1. The van der Waals surface area contributed by atoms with Crippen LogP contribution in [0.5, 0.6) is 0 Å². The van der Waals surface area contributed by atoms with E-state index in [0.717, 1.165) is 6.42 Å². The molecule has 0 aromatic heterocycles. The van der Waals surface area contributed by atoms with Crippen LogP contribution in [-0.2, 0) is 17.6 Å². The van der Waals surface area contributed by atoms with Gasteiger partial charge in [0.15, 0.2) is 0 Å². The number of nitrogens with zero attached hydrogens (tertiary/aromatic N) is 1. The van der Waals surface area contributed by atoms with E-state index in [1.165, 1.54) is 17.2 Å². The molecule has 1 unspecified atom stereocenters. The molecule has 2 aromatic rings. The third-order valence-corrected chi connectivity index (χ3v) is 4.47. The molecule has 25 heavy (non-hydrogen) atoms. The second kappa shape index (κ2) is 9.33. The molecule has 134 valence electrons. The van der Waals surface area contributed by atoms with Gasteiger partial charge >= 0.3 is 0 Å². The maximum Gasteiger partial charge on any atom is 0.220 e. The van der Waals surface area contributed by atoms with E-state index in [-0.39, 0.29) is 24.2 Å². The van der Waals surface area contributed by atoms with Gasteiger partial charge in [-0.05, 0) is 49.7 Å². The van der Waals surface area contributed by atoms with E-state index in [4.69, 9.17) is 0 Å². The van der Waals surface area contributed by atoms with Crippen LogP contribution in [0.3, 0.4) is 0 Å². The average molecular weight is 342 g/mol. The largest absolute Gasteiger partial charge is 0.354 e. The van der Waals surface area contributed by atoms with Crippen LogP contribution in [0.25, 0.3) is 0 Å². The van der Waals surface area contributed by atoms with Gasteiger partial charge in [-0.3, -0.25) is 4.79 Å². The SMILES string of the molecule is CCc1ccc(C(CNC(=O)CCc2ccccc2F)N(C)C)cc1. The van der Waals surface area contributed by atoms with E-state index in [2.05, 4.69) is 41.4 Å². The Labute approximate surface area is 149 Å². The molecular formula is C21H27FN2O. The normalized spacial score (nSPS) is 12.2.